The maximum atomic E-state index is 14.0. The van der Waals surface area contributed by atoms with E-state index in [2.05, 4.69) is 21.4 Å². The fourth-order valence-electron chi connectivity index (χ4n) is 6.07. The zero-order valence-electron chi connectivity index (χ0n) is 29.3. The van der Waals surface area contributed by atoms with Crippen molar-refractivity contribution in [1.82, 2.24) is 21.4 Å². The number of hydrazine groups is 1. The molecule has 0 spiro atoms. The third kappa shape index (κ3) is 10.5. The first-order valence-electron chi connectivity index (χ1n) is 17.1. The largest absolute Gasteiger partial charge is 0.436 e. The predicted molar refractivity (Wildman–Crippen MR) is 197 cm³/mol. The zero-order chi connectivity index (χ0) is 37.5. The molecule has 52 heavy (non-hydrogen) atoms. The molecule has 12 heteroatoms. The van der Waals surface area contributed by atoms with Gasteiger partial charge in [-0.15, -0.1) is 0 Å². The van der Waals surface area contributed by atoms with Crippen LogP contribution in [0.4, 0.5) is 4.79 Å². The van der Waals surface area contributed by atoms with Crippen molar-refractivity contribution in [3.63, 3.8) is 0 Å². The number of hydrogen-bond donors (Lipinski definition) is 6. The lowest BCUT2D eigenvalue weighted by atomic mass is 9.77. The van der Waals surface area contributed by atoms with E-state index in [1.165, 1.54) is 0 Å². The molecule has 0 aliphatic rings. The van der Waals surface area contributed by atoms with Gasteiger partial charge in [0.15, 0.2) is 6.10 Å². The lowest BCUT2D eigenvalue weighted by Gasteiger charge is -2.37. The summed E-state index contributed by atoms with van der Waals surface area (Å²) in [5.41, 5.74) is 9.39. The van der Waals surface area contributed by atoms with Crippen LogP contribution in [0.25, 0.3) is 0 Å². The quantitative estimate of drug-likeness (QED) is 0.0418. The summed E-state index contributed by atoms with van der Waals surface area (Å²) in [6.07, 6.45) is -2.45. The molecule has 0 aromatic heterocycles. The summed E-state index contributed by atoms with van der Waals surface area (Å²) in [5.74, 6) is 2.92. The van der Waals surface area contributed by atoms with Crippen LogP contribution in [0.5, 0.6) is 0 Å². The lowest BCUT2D eigenvalue weighted by Crippen LogP contribution is -2.57. The standard InChI is InChI=1S/C40H46N6O6/c1-27(2)25-34(52-39(41)51)38(50)44-33(26-28-15-7-3-8-16-28)36(48)43-32(37(49)46-42)23-24-35(47)45-40(29-17-9-4-10-18-29,30-19-11-5-12-20-30)31-21-13-6-14-22-31/h3-22,27,32-34H,23-26,42H2,1-2H3,(H2,41,51)(H,43,48)(H,44,50)(H,45,47)(H,46,49). The molecule has 0 heterocycles. The van der Waals surface area contributed by atoms with Gasteiger partial charge in [-0.1, -0.05) is 135 Å². The van der Waals surface area contributed by atoms with E-state index in [1.807, 2.05) is 111 Å². The predicted octanol–water partition coefficient (Wildman–Crippen LogP) is 3.59. The minimum atomic E-state index is -1.24. The lowest BCUT2D eigenvalue weighted by molar-refractivity contribution is -0.135. The van der Waals surface area contributed by atoms with Gasteiger partial charge in [-0.05, 0) is 41.0 Å². The zero-order valence-corrected chi connectivity index (χ0v) is 29.3. The van der Waals surface area contributed by atoms with Crippen LogP contribution in [0.2, 0.25) is 0 Å². The number of amides is 5. The molecule has 3 unspecified atom stereocenters. The fourth-order valence-corrected chi connectivity index (χ4v) is 6.07. The minimum absolute atomic E-state index is 0.0373. The van der Waals surface area contributed by atoms with Crippen LogP contribution in [0.1, 0.15) is 55.4 Å². The third-order valence-electron chi connectivity index (χ3n) is 8.53. The van der Waals surface area contributed by atoms with E-state index >= 15 is 0 Å². The summed E-state index contributed by atoms with van der Waals surface area (Å²) >= 11 is 0. The molecule has 4 rings (SSSR count). The summed E-state index contributed by atoms with van der Waals surface area (Å²) in [6.45, 7) is 3.68. The van der Waals surface area contributed by atoms with Gasteiger partial charge in [0.25, 0.3) is 11.8 Å². The van der Waals surface area contributed by atoms with Crippen LogP contribution in [0, 0.1) is 5.92 Å². The molecule has 0 radical (unpaired) electrons. The highest BCUT2D eigenvalue weighted by Gasteiger charge is 2.38. The maximum absolute atomic E-state index is 14.0. The van der Waals surface area contributed by atoms with Gasteiger partial charge in [-0.3, -0.25) is 24.6 Å². The Kier molecular flexibility index (Phi) is 14.0. The number of primary amides is 1. The van der Waals surface area contributed by atoms with Gasteiger partial charge < -0.3 is 26.4 Å². The van der Waals surface area contributed by atoms with Crippen molar-refractivity contribution in [1.29, 1.82) is 0 Å². The molecule has 12 nitrogen and oxygen atoms in total. The van der Waals surface area contributed by atoms with E-state index in [0.29, 0.717) is 0 Å². The highest BCUT2D eigenvalue weighted by atomic mass is 16.6. The number of benzene rings is 4. The van der Waals surface area contributed by atoms with Crippen molar-refractivity contribution in [3.05, 3.63) is 144 Å². The van der Waals surface area contributed by atoms with E-state index in [-0.39, 0.29) is 31.6 Å². The number of rotatable bonds is 17. The second-order valence-corrected chi connectivity index (χ2v) is 12.8. The Morgan fingerprint density at radius 3 is 1.56 bits per heavy atom. The summed E-state index contributed by atoms with van der Waals surface area (Å²) in [5, 5.41) is 8.58. The van der Waals surface area contributed by atoms with Gasteiger partial charge in [0.2, 0.25) is 11.8 Å². The van der Waals surface area contributed by atoms with E-state index in [0.717, 1.165) is 22.3 Å². The topological polar surface area (TPSA) is 195 Å². The van der Waals surface area contributed by atoms with Crippen molar-refractivity contribution in [2.45, 2.75) is 63.3 Å². The first kappa shape index (κ1) is 38.8. The number of nitrogens with one attached hydrogen (secondary N) is 4. The molecule has 0 aliphatic heterocycles. The van der Waals surface area contributed by atoms with Crippen molar-refractivity contribution in [2.75, 3.05) is 0 Å². The number of carbonyl (C=O) groups excluding carboxylic acids is 5. The van der Waals surface area contributed by atoms with Crippen LogP contribution >= 0.6 is 0 Å². The van der Waals surface area contributed by atoms with Crippen LogP contribution in [0.3, 0.4) is 0 Å². The number of carbonyl (C=O) groups is 5. The number of hydrogen-bond acceptors (Lipinski definition) is 7. The Balaban J connectivity index is 1.58. The van der Waals surface area contributed by atoms with Gasteiger partial charge in [0.05, 0.1) is 0 Å². The third-order valence-corrected chi connectivity index (χ3v) is 8.53. The van der Waals surface area contributed by atoms with Gasteiger partial charge in [0, 0.05) is 12.8 Å². The van der Waals surface area contributed by atoms with Gasteiger partial charge in [-0.2, -0.15) is 0 Å². The molecule has 5 amide bonds. The SMILES string of the molecule is CC(C)CC(OC(N)=O)C(=O)NC(Cc1ccccc1)C(=O)NC(CCC(=O)NC(c1ccccc1)(c1ccccc1)c1ccccc1)C(=O)NN. The van der Waals surface area contributed by atoms with E-state index < -0.39 is 53.4 Å². The summed E-state index contributed by atoms with van der Waals surface area (Å²) < 4.78 is 5.06. The molecule has 4 aromatic rings. The normalized spacial score (nSPS) is 12.8. The van der Waals surface area contributed by atoms with Crippen molar-refractivity contribution < 1.29 is 28.7 Å². The van der Waals surface area contributed by atoms with Crippen molar-refractivity contribution >= 4 is 29.7 Å². The molecule has 8 N–H and O–H groups in total. The smallest absolute Gasteiger partial charge is 0.405 e. The van der Waals surface area contributed by atoms with E-state index in [9.17, 15) is 24.0 Å². The molecule has 0 saturated carbocycles. The Labute approximate surface area is 303 Å². The monoisotopic (exact) mass is 706 g/mol. The van der Waals surface area contributed by atoms with Crippen LogP contribution in [-0.4, -0.2) is 47.9 Å². The molecular weight excluding hydrogens is 660 g/mol. The second-order valence-electron chi connectivity index (χ2n) is 12.8. The number of ether oxygens (including phenoxy) is 1. The van der Waals surface area contributed by atoms with Crippen LogP contribution < -0.4 is 33.0 Å². The van der Waals surface area contributed by atoms with Gasteiger partial charge in [-0.25, -0.2) is 10.6 Å². The molecule has 3 atom stereocenters. The fraction of sp³-hybridized carbons (Fsp3) is 0.275. The molecule has 0 bridgehead atoms. The Bertz CT molecular complexity index is 1680. The Morgan fingerprint density at radius 1 is 0.654 bits per heavy atom. The van der Waals surface area contributed by atoms with Crippen LogP contribution in [0.15, 0.2) is 121 Å². The first-order chi connectivity index (χ1) is 25.0. The second kappa shape index (κ2) is 18.8. The summed E-state index contributed by atoms with van der Waals surface area (Å²) in [4.78, 5) is 65.7. The van der Waals surface area contributed by atoms with Crippen LogP contribution in [-0.2, 0) is 35.9 Å². The van der Waals surface area contributed by atoms with Crippen molar-refractivity contribution in [3.8, 4) is 0 Å². The van der Waals surface area contributed by atoms with Gasteiger partial charge in [0.1, 0.15) is 17.6 Å². The summed E-state index contributed by atoms with van der Waals surface area (Å²) in [7, 11) is 0. The Morgan fingerprint density at radius 2 is 1.12 bits per heavy atom. The Hall–Kier alpha value is -6.01. The number of nitrogens with two attached hydrogens (primary N) is 2. The molecular formula is C40H46N6O6. The average molecular weight is 707 g/mol. The molecule has 0 fully saturated rings. The first-order valence-corrected chi connectivity index (χ1v) is 17.1. The maximum Gasteiger partial charge on any atom is 0.405 e. The molecule has 272 valence electrons. The van der Waals surface area contributed by atoms with Gasteiger partial charge >= 0.3 is 6.09 Å². The molecule has 0 aliphatic carbocycles. The van der Waals surface area contributed by atoms with Crippen molar-refractivity contribution in [2.24, 2.45) is 17.5 Å². The molecule has 0 saturated heterocycles. The highest BCUT2D eigenvalue weighted by Crippen LogP contribution is 2.37. The van der Waals surface area contributed by atoms with E-state index in [4.69, 9.17) is 16.3 Å². The molecule has 4 aromatic carbocycles. The average Bonchev–Trinajstić information content (AvgIpc) is 3.15. The highest BCUT2D eigenvalue weighted by molar-refractivity contribution is 5.93. The van der Waals surface area contributed by atoms with E-state index in [1.54, 1.807) is 24.3 Å². The summed E-state index contributed by atoms with van der Waals surface area (Å²) in [6, 6.07) is 35.2. The minimum Gasteiger partial charge on any atom is -0.436 e.